The fourth-order valence-corrected chi connectivity index (χ4v) is 7.94. The molecule has 9 heteroatoms. The van der Waals surface area contributed by atoms with Gasteiger partial charge in [0.25, 0.3) is 0 Å². The van der Waals surface area contributed by atoms with Gasteiger partial charge in [-0.2, -0.15) is 0 Å². The summed E-state index contributed by atoms with van der Waals surface area (Å²) >= 11 is 0. The molecule has 0 aliphatic carbocycles. The van der Waals surface area contributed by atoms with E-state index in [1.54, 1.807) is 6.08 Å². The summed E-state index contributed by atoms with van der Waals surface area (Å²) in [5.74, 6) is -0.206. The normalized spacial score (nSPS) is 15.0. The van der Waals surface area contributed by atoms with Gasteiger partial charge in [-0.25, -0.2) is 4.57 Å². The van der Waals surface area contributed by atoms with Gasteiger partial charge in [0, 0.05) is 6.42 Å². The van der Waals surface area contributed by atoms with Crippen LogP contribution in [0.15, 0.2) is 134 Å². The Morgan fingerprint density at radius 3 is 1.30 bits per heavy atom. The van der Waals surface area contributed by atoms with Gasteiger partial charge in [0.1, 0.15) is 13.2 Å². The van der Waals surface area contributed by atoms with Crippen molar-refractivity contribution in [1.82, 2.24) is 5.32 Å². The highest BCUT2D eigenvalue weighted by Gasteiger charge is 2.27. The number of amides is 1. The smallest absolute Gasteiger partial charge is 0.387 e. The van der Waals surface area contributed by atoms with Crippen LogP contribution >= 0.6 is 7.82 Å². The molecule has 3 N–H and O–H groups in total. The molecule has 0 saturated heterocycles. The van der Waals surface area contributed by atoms with Crippen LogP contribution in [0.2, 0.25) is 0 Å². The number of phosphoric ester groups is 1. The van der Waals surface area contributed by atoms with E-state index in [0.717, 1.165) is 109 Å². The minimum absolute atomic E-state index is 0.0445. The topological polar surface area (TPSA) is 105 Å². The summed E-state index contributed by atoms with van der Waals surface area (Å²) in [6.45, 7) is 4.63. The van der Waals surface area contributed by atoms with Crippen molar-refractivity contribution >= 4 is 13.7 Å². The molecule has 0 aromatic heterocycles. The molecule has 0 aromatic carbocycles. The Morgan fingerprint density at radius 2 is 0.859 bits per heavy atom. The summed E-state index contributed by atoms with van der Waals surface area (Å²) in [5.41, 5.74) is 0. The Morgan fingerprint density at radius 1 is 0.493 bits per heavy atom. The van der Waals surface area contributed by atoms with E-state index in [1.165, 1.54) is 70.6 Å². The Kier molecular flexibility index (Phi) is 49.1. The van der Waals surface area contributed by atoms with Crippen molar-refractivity contribution in [3.63, 3.8) is 0 Å². The maximum absolute atomic E-state index is 13.0. The molecule has 71 heavy (non-hydrogen) atoms. The molecule has 3 atom stereocenters. The van der Waals surface area contributed by atoms with E-state index >= 15 is 0 Å². The van der Waals surface area contributed by atoms with Gasteiger partial charge in [0.15, 0.2) is 0 Å². The maximum Gasteiger partial charge on any atom is 0.472 e. The van der Waals surface area contributed by atoms with Gasteiger partial charge in [0.05, 0.1) is 39.9 Å². The first kappa shape index (κ1) is 67.6. The first-order valence-corrected chi connectivity index (χ1v) is 29.6. The van der Waals surface area contributed by atoms with E-state index in [2.05, 4.69) is 141 Å². The van der Waals surface area contributed by atoms with Gasteiger partial charge in [-0.3, -0.25) is 13.8 Å². The van der Waals surface area contributed by atoms with Crippen molar-refractivity contribution in [1.29, 1.82) is 0 Å². The van der Waals surface area contributed by atoms with Gasteiger partial charge in [-0.05, 0) is 109 Å². The highest BCUT2D eigenvalue weighted by Crippen LogP contribution is 2.43. The average molecular weight is 1010 g/mol. The molecule has 1 amide bonds. The second kappa shape index (κ2) is 51.5. The van der Waals surface area contributed by atoms with E-state index in [9.17, 15) is 19.4 Å². The minimum Gasteiger partial charge on any atom is -0.387 e. The minimum atomic E-state index is -4.37. The molecule has 0 radical (unpaired) electrons. The van der Waals surface area contributed by atoms with Gasteiger partial charge in [-0.15, -0.1) is 0 Å². The average Bonchev–Trinajstić information content (AvgIpc) is 3.33. The highest BCUT2D eigenvalue weighted by atomic mass is 31.2. The molecule has 0 aromatic rings. The zero-order valence-corrected chi connectivity index (χ0v) is 46.8. The number of likely N-dealkylation sites (N-methyl/N-ethyl adjacent to an activating group) is 1. The van der Waals surface area contributed by atoms with Crippen molar-refractivity contribution in [2.75, 3.05) is 40.9 Å². The summed E-state index contributed by atoms with van der Waals surface area (Å²) in [4.78, 5) is 23.3. The lowest BCUT2D eigenvalue weighted by Crippen LogP contribution is -2.45. The number of quaternary nitrogens is 1. The van der Waals surface area contributed by atoms with Crippen molar-refractivity contribution in [2.24, 2.45) is 0 Å². The fourth-order valence-electron chi connectivity index (χ4n) is 7.21. The molecule has 0 bridgehead atoms. The molecule has 0 heterocycles. The van der Waals surface area contributed by atoms with Crippen molar-refractivity contribution in [3.05, 3.63) is 134 Å². The maximum atomic E-state index is 13.0. The first-order valence-electron chi connectivity index (χ1n) is 28.1. The lowest BCUT2D eigenvalue weighted by molar-refractivity contribution is -0.870. The number of aliphatic hydroxyl groups excluding tert-OH is 1. The molecule has 0 saturated carbocycles. The third kappa shape index (κ3) is 54.3. The van der Waals surface area contributed by atoms with Crippen LogP contribution in [0.4, 0.5) is 0 Å². The number of rotatable bonds is 49. The van der Waals surface area contributed by atoms with Crippen LogP contribution in [0.3, 0.4) is 0 Å². The largest absolute Gasteiger partial charge is 0.472 e. The van der Waals surface area contributed by atoms with Gasteiger partial charge >= 0.3 is 7.82 Å². The number of unbranched alkanes of at least 4 members (excludes halogenated alkanes) is 16. The zero-order valence-electron chi connectivity index (χ0n) is 45.9. The number of hydrogen-bond donors (Lipinski definition) is 3. The Bertz CT molecular complexity index is 1610. The van der Waals surface area contributed by atoms with Crippen LogP contribution in [-0.2, 0) is 18.4 Å². The predicted molar refractivity (Wildman–Crippen MR) is 308 cm³/mol. The molecule has 404 valence electrons. The van der Waals surface area contributed by atoms with Gasteiger partial charge in [0.2, 0.25) is 5.91 Å². The number of phosphoric acid groups is 1. The van der Waals surface area contributed by atoms with E-state index < -0.39 is 20.0 Å². The molecular weight excluding hydrogens is 900 g/mol. The standard InChI is InChI=1S/C62H105N2O6P/c1-6-8-10-12-14-16-18-20-22-24-25-26-27-28-29-30-31-32-33-34-35-36-37-38-39-40-42-44-46-48-50-52-54-56-62(66)63-60(59-70-71(67,68)69-58-57-64(3,4)5)61(65)55-53-51-49-47-45-43-41-23-21-19-17-15-13-11-9-7-2/h8,10,14,16,20-23,25-26,28-29,31-32,34-35,37-38,45,47,53,55,60-61,65H,6-7,9,11-13,15,17-19,24,27,30,33,36,39-44,46,48-52,54,56-59H2,1-5H3,(H-,63,66,67,68)/p+1/b10-8-,16-14-,22-20-,23-21+,26-25-,29-28-,32-31-,35-34-,38-37-,47-45+,55-53+. The summed E-state index contributed by atoms with van der Waals surface area (Å²) < 4.78 is 23.6. The highest BCUT2D eigenvalue weighted by molar-refractivity contribution is 7.47. The number of carbonyl (C=O) groups is 1. The SMILES string of the molecule is CC/C=C\C/C=C\C/C=C\C/C=C\C/C=C\C/C=C\C/C=C\C/C=C\CCCCCCCCCCC(=O)NC(COP(=O)(O)OCC[N+](C)(C)C)C(O)/C=C/CC/C=C/CC/C=C/CCCCCCCC. The lowest BCUT2D eigenvalue weighted by Gasteiger charge is -2.25. The fraction of sp³-hybridized carbons (Fsp3) is 0.629. The van der Waals surface area contributed by atoms with E-state index in [-0.39, 0.29) is 19.1 Å². The summed E-state index contributed by atoms with van der Waals surface area (Å²) in [6.07, 6.45) is 78.3. The summed E-state index contributed by atoms with van der Waals surface area (Å²) in [6, 6.07) is -0.884. The van der Waals surface area contributed by atoms with Gasteiger partial charge < -0.3 is 19.8 Å². The predicted octanol–water partition coefficient (Wildman–Crippen LogP) is 17.1. The van der Waals surface area contributed by atoms with Crippen LogP contribution in [0, 0.1) is 0 Å². The molecule has 3 unspecified atom stereocenters. The van der Waals surface area contributed by atoms with E-state index in [1.807, 2.05) is 27.2 Å². The van der Waals surface area contributed by atoms with E-state index in [0.29, 0.717) is 17.4 Å². The molecule has 0 spiro atoms. The molecule has 0 aliphatic rings. The molecule has 0 rings (SSSR count). The number of nitrogens with zero attached hydrogens (tertiary/aromatic N) is 1. The lowest BCUT2D eigenvalue weighted by atomic mass is 10.1. The summed E-state index contributed by atoms with van der Waals surface area (Å²) in [7, 11) is 1.52. The third-order valence-corrected chi connectivity index (χ3v) is 12.6. The monoisotopic (exact) mass is 1010 g/mol. The van der Waals surface area contributed by atoms with Crippen molar-refractivity contribution in [2.45, 2.75) is 212 Å². The Labute approximate surface area is 436 Å². The summed E-state index contributed by atoms with van der Waals surface area (Å²) in [5, 5.41) is 13.9. The molecule has 8 nitrogen and oxygen atoms in total. The first-order chi connectivity index (χ1) is 34.5. The molecular formula is C62H106N2O6P+. The van der Waals surface area contributed by atoms with Crippen LogP contribution in [0.25, 0.3) is 0 Å². The van der Waals surface area contributed by atoms with Crippen molar-refractivity contribution in [3.8, 4) is 0 Å². The number of hydrogen-bond acceptors (Lipinski definition) is 5. The Hall–Kier alpha value is -3.36. The number of aliphatic hydroxyl groups is 1. The quantitative estimate of drug-likeness (QED) is 0.0243. The van der Waals surface area contributed by atoms with Crippen LogP contribution < -0.4 is 5.32 Å². The van der Waals surface area contributed by atoms with Crippen molar-refractivity contribution < 1.29 is 32.9 Å². The third-order valence-electron chi connectivity index (χ3n) is 11.6. The number of nitrogens with one attached hydrogen (secondary N) is 1. The van der Waals surface area contributed by atoms with Crippen LogP contribution in [0.1, 0.15) is 200 Å². The molecule has 0 fully saturated rings. The van der Waals surface area contributed by atoms with E-state index in [4.69, 9.17) is 9.05 Å². The van der Waals surface area contributed by atoms with Crippen LogP contribution in [-0.4, -0.2) is 73.4 Å². The molecule has 0 aliphatic heterocycles. The second-order valence-corrected chi connectivity index (χ2v) is 21.0. The van der Waals surface area contributed by atoms with Gasteiger partial charge in [-0.1, -0.05) is 218 Å². The number of allylic oxidation sites excluding steroid dienone is 21. The zero-order chi connectivity index (χ0) is 52.0. The Balaban J connectivity index is 4.28. The second-order valence-electron chi connectivity index (χ2n) is 19.6. The number of carbonyl (C=O) groups excluding carboxylic acids is 1. The van der Waals surface area contributed by atoms with Crippen LogP contribution in [0.5, 0.6) is 0 Å².